The van der Waals surface area contributed by atoms with E-state index in [-0.39, 0.29) is 47.8 Å². The highest BCUT2D eigenvalue weighted by molar-refractivity contribution is 6.35. The first-order valence-electron chi connectivity index (χ1n) is 18.2. The lowest BCUT2D eigenvalue weighted by atomic mass is 10.0. The van der Waals surface area contributed by atoms with E-state index in [1.165, 1.54) is 13.8 Å². The summed E-state index contributed by atoms with van der Waals surface area (Å²) in [6.07, 6.45) is 0.462. The Morgan fingerprint density at radius 2 is 0.955 bits per heavy atom. The minimum Gasteiger partial charge on any atom is -0.505 e. The number of Topliss-reactive ketones (excluding diaryl/α,β-unsaturated/α-hetero) is 3. The normalized spacial score (nSPS) is 11.8. The first-order chi connectivity index (χ1) is 31.4. The van der Waals surface area contributed by atoms with Crippen molar-refractivity contribution in [3.05, 3.63) is 144 Å². The third kappa shape index (κ3) is 11.1. The molecule has 4 rings (SSSR count). The summed E-state index contributed by atoms with van der Waals surface area (Å²) in [7, 11) is 0. The Morgan fingerprint density at radius 1 is 0.552 bits per heavy atom. The number of hydrogen-bond acceptors (Lipinski definition) is 14. The number of aromatic nitrogens is 1. The van der Waals surface area contributed by atoms with Gasteiger partial charge < -0.3 is 34.6 Å². The fraction of sp³-hybridized carbons (Fsp3) is 0.146. The molecule has 0 atom stereocenters. The van der Waals surface area contributed by atoms with Gasteiger partial charge in [0.25, 0.3) is 0 Å². The number of carbonyl (C=O) groups excluding carboxylic acids is 6. The van der Waals surface area contributed by atoms with Gasteiger partial charge in [0.15, 0.2) is 69.7 Å². The second-order valence-electron chi connectivity index (χ2n) is 12.6. The number of carbonyl (C=O) groups is 6. The number of anilines is 2. The first-order valence-corrected chi connectivity index (χ1v) is 19.3. The monoisotopic (exact) mass is 1010 g/mol. The third-order valence-electron chi connectivity index (χ3n) is 8.37. The average molecular weight is 1010 g/mol. The van der Waals surface area contributed by atoms with E-state index in [1.54, 1.807) is 0 Å². The van der Waals surface area contributed by atoms with Crippen LogP contribution >= 0.6 is 34.8 Å². The van der Waals surface area contributed by atoms with Gasteiger partial charge in [-0.1, -0.05) is 34.8 Å². The minimum absolute atomic E-state index is 0.00254. The zero-order chi connectivity index (χ0) is 50.3. The number of ether oxygens (including phenoxy) is 3. The lowest BCUT2D eigenvalue weighted by Gasteiger charge is -2.20. The van der Waals surface area contributed by atoms with E-state index in [9.17, 15) is 65.3 Å². The lowest BCUT2D eigenvalue weighted by Crippen LogP contribution is -2.25. The molecule has 67 heavy (non-hydrogen) atoms. The van der Waals surface area contributed by atoms with Crippen molar-refractivity contribution >= 4 is 81.7 Å². The van der Waals surface area contributed by atoms with Crippen LogP contribution in [-0.2, 0) is 28.6 Å². The highest BCUT2D eigenvalue weighted by atomic mass is 35.5. The van der Waals surface area contributed by atoms with Crippen LogP contribution in [0.25, 0.3) is 0 Å². The summed E-state index contributed by atoms with van der Waals surface area (Å²) in [5.74, 6) is -33.2. The Morgan fingerprint density at radius 3 is 1.40 bits per heavy atom. The van der Waals surface area contributed by atoms with Crippen molar-refractivity contribution in [2.75, 3.05) is 30.0 Å². The van der Waals surface area contributed by atoms with Gasteiger partial charge in [0.2, 0.25) is 17.3 Å². The molecular weight excluding hydrogens is 988 g/mol. The van der Waals surface area contributed by atoms with E-state index >= 15 is 13.2 Å². The van der Waals surface area contributed by atoms with Crippen molar-refractivity contribution in [1.82, 2.24) is 4.98 Å². The quantitative estimate of drug-likeness (QED) is 0.0104. The Bertz CT molecular complexity index is 2750. The van der Waals surface area contributed by atoms with E-state index in [0.29, 0.717) is 0 Å². The molecule has 3 aromatic carbocycles. The maximum absolute atomic E-state index is 16.1. The second kappa shape index (κ2) is 21.9. The molecule has 0 radical (unpaired) electrons. The van der Waals surface area contributed by atoms with Gasteiger partial charge in [-0.15, -0.1) is 0 Å². The molecule has 0 amide bonds. The van der Waals surface area contributed by atoms with E-state index < -0.39 is 179 Å². The van der Waals surface area contributed by atoms with E-state index in [2.05, 4.69) is 4.98 Å². The summed E-state index contributed by atoms with van der Waals surface area (Å²) in [5.41, 5.74) is -8.38. The van der Waals surface area contributed by atoms with E-state index in [1.807, 2.05) is 5.32 Å². The van der Waals surface area contributed by atoms with Gasteiger partial charge in [0.1, 0.15) is 37.5 Å². The molecule has 4 aromatic rings. The molecule has 0 aliphatic carbocycles. The van der Waals surface area contributed by atoms with Crippen LogP contribution < -0.4 is 10.2 Å². The van der Waals surface area contributed by atoms with Gasteiger partial charge in [-0.3, -0.25) is 14.4 Å². The maximum atomic E-state index is 16.1. The number of phenolic OH excluding ortho intramolecular Hbond substituents is 2. The molecule has 354 valence electrons. The molecule has 0 fully saturated rings. The van der Waals surface area contributed by atoms with Crippen LogP contribution in [0.2, 0.25) is 15.1 Å². The van der Waals surface area contributed by atoms with Crippen molar-refractivity contribution in [2.24, 2.45) is 0 Å². The highest BCUT2D eigenvalue weighted by Crippen LogP contribution is 2.39. The Labute approximate surface area is 384 Å². The molecule has 0 bridgehead atoms. The van der Waals surface area contributed by atoms with Crippen molar-refractivity contribution in [3.8, 4) is 11.5 Å². The molecule has 14 nitrogen and oxygen atoms in total. The number of hydrogen-bond donors (Lipinski definition) is 3. The first kappa shape index (κ1) is 52.5. The fourth-order valence-electron chi connectivity index (χ4n) is 5.25. The summed E-state index contributed by atoms with van der Waals surface area (Å²) in [6.45, 7) is 1.89. The number of esters is 3. The Hall–Kier alpha value is -7.11. The number of aromatic hydroxyl groups is 2. The topological polar surface area (TPSA) is 199 Å². The largest absolute Gasteiger partial charge is 0.505 e. The van der Waals surface area contributed by atoms with Crippen LogP contribution in [0.4, 0.5) is 51.1 Å². The molecule has 0 spiro atoms. The van der Waals surface area contributed by atoms with Crippen LogP contribution in [0.5, 0.6) is 11.5 Å². The van der Waals surface area contributed by atoms with E-state index in [4.69, 9.17) is 49.0 Å². The Kier molecular flexibility index (Phi) is 17.2. The van der Waals surface area contributed by atoms with Crippen LogP contribution in [0, 0.1) is 52.4 Å². The third-order valence-corrected chi connectivity index (χ3v) is 9.39. The number of rotatable bonds is 17. The number of nitrogens with zero attached hydrogens (tertiary/aromatic N) is 2. The molecule has 3 N–H and O–H groups in total. The van der Waals surface area contributed by atoms with Gasteiger partial charge in [0.05, 0.1) is 36.5 Å². The smallest absolute Gasteiger partial charge is 0.343 e. The number of ketones is 3. The molecule has 1 heterocycles. The molecule has 0 aliphatic heterocycles. The molecule has 1 aromatic heterocycles. The lowest BCUT2D eigenvalue weighted by molar-refractivity contribution is -0.139. The number of pyridine rings is 1. The molecule has 26 heteroatoms. The van der Waals surface area contributed by atoms with Crippen LogP contribution in [0.3, 0.4) is 0 Å². The zero-order valence-electron chi connectivity index (χ0n) is 33.7. The molecular formula is C41H25Cl3F9N3O11. The van der Waals surface area contributed by atoms with Crippen molar-refractivity contribution < 1.29 is 92.7 Å². The predicted octanol–water partition coefficient (Wildman–Crippen LogP) is 8.91. The molecule has 0 saturated heterocycles. The van der Waals surface area contributed by atoms with Crippen molar-refractivity contribution in [3.63, 3.8) is 0 Å². The average Bonchev–Trinajstić information content (AvgIpc) is 3.28. The highest BCUT2D eigenvalue weighted by Gasteiger charge is 2.33. The second-order valence-corrected chi connectivity index (χ2v) is 13.7. The Balaban J connectivity index is 2.12. The van der Waals surface area contributed by atoms with Crippen LogP contribution in [0.15, 0.2) is 59.6 Å². The predicted molar refractivity (Wildman–Crippen MR) is 215 cm³/mol. The molecule has 0 aliphatic rings. The summed E-state index contributed by atoms with van der Waals surface area (Å²) in [4.78, 5) is 84.4. The standard InChI is InChI=1S/C41H25Cl3F9N3O11/c1-4-65-39(62)17(32(57)14-7-20(45)30(52)25(42)28(14)50)11-54-37-23(48)10-24(49)38(55-37)56(12-18(40(63)66-5-2)33(58)15-8-21(46)31(53)26(43)29(15)51)13-19(41(64)67-6-3)34(59)16-9-22(47)36(61)27(44)35(16)60/h7-13,60-61H,4-6H2,1-3H3,(H,54,55)/b17-11-,18-12-,19-13+. The minimum atomic E-state index is -1.99. The van der Waals surface area contributed by atoms with Gasteiger partial charge in [0, 0.05) is 24.7 Å². The summed E-state index contributed by atoms with van der Waals surface area (Å²) < 4.78 is 148. The van der Waals surface area contributed by atoms with Gasteiger partial charge in [-0.25, -0.2) is 58.9 Å². The molecule has 0 saturated carbocycles. The number of benzene rings is 3. The maximum Gasteiger partial charge on any atom is 0.343 e. The van der Waals surface area contributed by atoms with E-state index in [0.717, 1.165) is 6.92 Å². The van der Waals surface area contributed by atoms with Gasteiger partial charge in [-0.05, 0) is 39.0 Å². The van der Waals surface area contributed by atoms with Crippen molar-refractivity contribution in [1.29, 1.82) is 0 Å². The summed E-state index contributed by atoms with van der Waals surface area (Å²) in [5, 5.41) is 18.0. The summed E-state index contributed by atoms with van der Waals surface area (Å²) >= 11 is 16.7. The summed E-state index contributed by atoms with van der Waals surface area (Å²) in [6, 6.07) is 0.0338. The van der Waals surface area contributed by atoms with Crippen molar-refractivity contribution in [2.45, 2.75) is 20.8 Å². The van der Waals surface area contributed by atoms with Crippen LogP contribution in [0.1, 0.15) is 51.8 Å². The SMILES string of the molecule is CCOC(=O)/C(=C\Nc1nc(N(/C=C(\C(=O)OCC)C(=O)c2cc(F)c(F)c(Cl)c2F)/C=C(/C(=O)OCC)C(=O)c2cc(F)c(O)c(Cl)c2O)c(F)cc1F)C(=O)c1cc(F)c(F)c(Cl)c1F. The van der Waals surface area contributed by atoms with Gasteiger partial charge in [-0.2, -0.15) is 0 Å². The number of phenols is 2. The number of nitrogens with one attached hydrogen (secondary N) is 1. The number of halogens is 12. The van der Waals surface area contributed by atoms with Gasteiger partial charge >= 0.3 is 17.9 Å². The zero-order valence-corrected chi connectivity index (χ0v) is 35.9. The van der Waals surface area contributed by atoms with Crippen LogP contribution in [-0.4, -0.2) is 70.3 Å². The fourth-order valence-corrected chi connectivity index (χ4v) is 5.83. The molecule has 0 unspecified atom stereocenters.